The van der Waals surface area contributed by atoms with E-state index in [1.54, 1.807) is 0 Å². The summed E-state index contributed by atoms with van der Waals surface area (Å²) < 4.78 is 10.9. The van der Waals surface area contributed by atoms with Crippen molar-refractivity contribution in [2.75, 3.05) is 20.2 Å². The molecule has 0 amide bonds. The molecule has 3 rings (SSSR count). The summed E-state index contributed by atoms with van der Waals surface area (Å²) in [5, 5.41) is 0. The Morgan fingerprint density at radius 2 is 1.17 bits per heavy atom. The monoisotopic (exact) mass is 328 g/mol. The summed E-state index contributed by atoms with van der Waals surface area (Å²) in [5.74, 6) is 0. The molecule has 0 saturated carbocycles. The van der Waals surface area contributed by atoms with Gasteiger partial charge < -0.3 is 4.52 Å². The molecule has 0 spiro atoms. The lowest BCUT2D eigenvalue weighted by atomic mass is 10.1. The molecular weight excluding hydrogens is 303 g/mol. The van der Waals surface area contributed by atoms with E-state index in [4.69, 9.17) is 4.52 Å². The van der Waals surface area contributed by atoms with Crippen LogP contribution < -0.4 is 0 Å². The largest absolute Gasteiger partial charge is 0.335 e. The molecule has 0 N–H and O–H groups in total. The van der Waals surface area contributed by atoms with E-state index in [-0.39, 0.29) is 0 Å². The first kappa shape index (κ1) is 16.6. The lowest BCUT2D eigenvalue weighted by Gasteiger charge is -2.34. The number of hydrogen-bond acceptors (Lipinski definition) is 3. The maximum absolute atomic E-state index is 5.94. The van der Waals surface area contributed by atoms with Crippen molar-refractivity contribution in [3.05, 3.63) is 71.8 Å². The Morgan fingerprint density at radius 3 is 1.52 bits per heavy atom. The number of benzene rings is 2. The molecule has 1 aliphatic heterocycles. The van der Waals surface area contributed by atoms with Gasteiger partial charge in [0, 0.05) is 32.3 Å². The van der Waals surface area contributed by atoms with Gasteiger partial charge >= 0.3 is 0 Å². The zero-order chi connectivity index (χ0) is 16.2. The molecule has 0 unspecified atom stereocenters. The standard InChI is InChI=1S/C19H25N2OP/c1-16(18-10-6-4-7-11-18)20-14-15-21(23(20)22-3)17(2)19-12-8-5-9-13-19/h4-13,16-17H,14-15H2,1-3H3/t16-,17-/m1/s1. The highest BCUT2D eigenvalue weighted by Gasteiger charge is 2.39. The van der Waals surface area contributed by atoms with Gasteiger partial charge in [0.05, 0.1) is 0 Å². The van der Waals surface area contributed by atoms with Crippen LogP contribution in [0.5, 0.6) is 0 Å². The van der Waals surface area contributed by atoms with Gasteiger partial charge in [0.1, 0.15) is 0 Å². The van der Waals surface area contributed by atoms with Gasteiger partial charge in [-0.1, -0.05) is 60.7 Å². The topological polar surface area (TPSA) is 15.7 Å². The van der Waals surface area contributed by atoms with E-state index in [2.05, 4.69) is 83.9 Å². The SMILES string of the molecule is COP1N([C@H](C)c2ccccc2)CCN1[C@H](C)c1ccccc1. The minimum atomic E-state index is -0.729. The first-order valence-electron chi connectivity index (χ1n) is 8.19. The number of nitrogens with zero attached hydrogens (tertiary/aromatic N) is 2. The van der Waals surface area contributed by atoms with Crippen LogP contribution in [0.2, 0.25) is 0 Å². The van der Waals surface area contributed by atoms with Crippen LogP contribution >= 0.6 is 8.45 Å². The molecule has 0 bridgehead atoms. The van der Waals surface area contributed by atoms with Crippen molar-refractivity contribution in [2.24, 2.45) is 0 Å². The van der Waals surface area contributed by atoms with E-state index in [9.17, 15) is 0 Å². The summed E-state index contributed by atoms with van der Waals surface area (Å²) in [5.41, 5.74) is 2.71. The molecule has 122 valence electrons. The smallest absolute Gasteiger partial charge is 0.188 e. The molecule has 1 saturated heterocycles. The summed E-state index contributed by atoms with van der Waals surface area (Å²) in [7, 11) is 1.11. The zero-order valence-corrected chi connectivity index (χ0v) is 15.0. The van der Waals surface area contributed by atoms with Crippen molar-refractivity contribution >= 4 is 8.45 Å². The Morgan fingerprint density at radius 1 is 0.783 bits per heavy atom. The van der Waals surface area contributed by atoms with E-state index in [1.165, 1.54) is 11.1 Å². The highest BCUT2D eigenvalue weighted by atomic mass is 31.2. The Balaban J connectivity index is 1.78. The third-order valence-electron chi connectivity index (χ3n) is 4.62. The predicted octanol–water partition coefficient (Wildman–Crippen LogP) is 5.00. The molecule has 0 aliphatic carbocycles. The summed E-state index contributed by atoms with van der Waals surface area (Å²) in [6.45, 7) is 6.65. The predicted molar refractivity (Wildman–Crippen MR) is 97.1 cm³/mol. The summed E-state index contributed by atoms with van der Waals surface area (Å²) in [6.07, 6.45) is 0. The van der Waals surface area contributed by atoms with Gasteiger partial charge in [0.15, 0.2) is 8.45 Å². The molecule has 23 heavy (non-hydrogen) atoms. The van der Waals surface area contributed by atoms with Gasteiger partial charge in [-0.2, -0.15) is 0 Å². The third kappa shape index (κ3) is 3.49. The Bertz CT molecular complexity index is 554. The first-order chi connectivity index (χ1) is 11.2. The Hall–Kier alpha value is -1.25. The minimum absolute atomic E-state index is 0.371. The second-order valence-electron chi connectivity index (χ2n) is 5.93. The Labute approximate surface area is 140 Å². The Kier molecular flexibility index (Phi) is 5.45. The lowest BCUT2D eigenvalue weighted by molar-refractivity contribution is 0.321. The summed E-state index contributed by atoms with van der Waals surface area (Å²) in [6, 6.07) is 22.2. The van der Waals surface area contributed by atoms with Crippen molar-refractivity contribution in [2.45, 2.75) is 25.9 Å². The van der Waals surface area contributed by atoms with Crippen LogP contribution in [-0.2, 0) is 4.52 Å². The number of rotatable bonds is 5. The fourth-order valence-corrected chi connectivity index (χ4v) is 5.32. The molecule has 1 heterocycles. The van der Waals surface area contributed by atoms with Crippen LogP contribution in [0, 0.1) is 0 Å². The molecular formula is C19H25N2OP. The van der Waals surface area contributed by atoms with Crippen molar-refractivity contribution in [1.29, 1.82) is 0 Å². The van der Waals surface area contributed by atoms with Crippen molar-refractivity contribution < 1.29 is 4.52 Å². The van der Waals surface area contributed by atoms with Gasteiger partial charge in [-0.3, -0.25) is 0 Å². The first-order valence-corrected chi connectivity index (χ1v) is 9.36. The van der Waals surface area contributed by atoms with Gasteiger partial charge in [0.25, 0.3) is 0 Å². The second-order valence-corrected chi connectivity index (χ2v) is 7.83. The molecule has 1 aliphatic rings. The van der Waals surface area contributed by atoms with Crippen LogP contribution in [0.15, 0.2) is 60.7 Å². The molecule has 4 heteroatoms. The minimum Gasteiger partial charge on any atom is -0.335 e. The van der Waals surface area contributed by atoms with E-state index in [1.807, 2.05) is 7.11 Å². The number of hydrogen-bond donors (Lipinski definition) is 0. The van der Waals surface area contributed by atoms with Crippen LogP contribution in [0.4, 0.5) is 0 Å². The van der Waals surface area contributed by atoms with Crippen LogP contribution in [0.25, 0.3) is 0 Å². The summed E-state index contributed by atoms with van der Waals surface area (Å²) >= 11 is 0. The van der Waals surface area contributed by atoms with E-state index >= 15 is 0 Å². The van der Waals surface area contributed by atoms with Crippen LogP contribution in [0.1, 0.15) is 37.1 Å². The second kappa shape index (κ2) is 7.55. The third-order valence-corrected chi connectivity index (χ3v) is 6.92. The van der Waals surface area contributed by atoms with Crippen LogP contribution in [-0.4, -0.2) is 29.5 Å². The molecule has 2 aromatic carbocycles. The van der Waals surface area contributed by atoms with Gasteiger partial charge in [-0.25, -0.2) is 9.34 Å². The van der Waals surface area contributed by atoms with Gasteiger partial charge in [0.2, 0.25) is 0 Å². The average Bonchev–Trinajstić information content (AvgIpc) is 3.05. The van der Waals surface area contributed by atoms with Crippen molar-refractivity contribution in [1.82, 2.24) is 9.34 Å². The molecule has 3 nitrogen and oxygen atoms in total. The fraction of sp³-hybridized carbons (Fsp3) is 0.368. The van der Waals surface area contributed by atoms with E-state index in [0.29, 0.717) is 12.1 Å². The lowest BCUT2D eigenvalue weighted by Crippen LogP contribution is -2.22. The van der Waals surface area contributed by atoms with Crippen LogP contribution in [0.3, 0.4) is 0 Å². The highest BCUT2D eigenvalue weighted by molar-refractivity contribution is 7.47. The normalized spacial score (nSPS) is 19.8. The molecule has 0 radical (unpaired) electrons. The molecule has 0 aromatic heterocycles. The molecule has 2 atom stereocenters. The fourth-order valence-electron chi connectivity index (χ4n) is 3.22. The maximum Gasteiger partial charge on any atom is 0.188 e. The van der Waals surface area contributed by atoms with Gasteiger partial charge in [-0.05, 0) is 25.0 Å². The van der Waals surface area contributed by atoms with E-state index < -0.39 is 8.45 Å². The molecule has 1 fully saturated rings. The maximum atomic E-state index is 5.94. The summed E-state index contributed by atoms with van der Waals surface area (Å²) in [4.78, 5) is 0. The average molecular weight is 328 g/mol. The van der Waals surface area contributed by atoms with Crippen molar-refractivity contribution in [3.8, 4) is 0 Å². The zero-order valence-electron chi connectivity index (χ0n) is 14.1. The van der Waals surface area contributed by atoms with Gasteiger partial charge in [-0.15, -0.1) is 0 Å². The van der Waals surface area contributed by atoms with Crippen molar-refractivity contribution in [3.63, 3.8) is 0 Å². The molecule has 2 aromatic rings. The highest BCUT2D eigenvalue weighted by Crippen LogP contribution is 2.56. The van der Waals surface area contributed by atoms with E-state index in [0.717, 1.165) is 13.1 Å². The quantitative estimate of drug-likeness (QED) is 0.718.